The Balaban J connectivity index is 1.52. The highest BCUT2D eigenvalue weighted by Gasteiger charge is 2.53. The average molecular weight is 473 g/mol. The molecule has 0 bridgehead atoms. The fourth-order valence-electron chi connectivity index (χ4n) is 4.23. The zero-order valence-corrected chi connectivity index (χ0v) is 19.7. The molecule has 1 aliphatic rings. The van der Waals surface area contributed by atoms with E-state index in [2.05, 4.69) is 5.32 Å². The van der Waals surface area contributed by atoms with E-state index in [1.807, 2.05) is 67.6 Å². The summed E-state index contributed by atoms with van der Waals surface area (Å²) in [4.78, 5) is 27.7. The summed E-state index contributed by atoms with van der Waals surface area (Å²) in [5.41, 5.74) is 0.869. The number of hydrogen-bond acceptors (Lipinski definition) is 5. The Morgan fingerprint density at radius 3 is 2.17 bits per heavy atom. The number of hydrogen-bond donors (Lipinski definition) is 2. The highest BCUT2D eigenvalue weighted by atomic mass is 16.5. The number of benzene rings is 3. The smallest absolute Gasteiger partial charge is 0.325 e. The van der Waals surface area contributed by atoms with E-state index in [0.29, 0.717) is 22.6 Å². The molecule has 7 nitrogen and oxygen atoms in total. The lowest BCUT2D eigenvalue weighted by Crippen LogP contribution is -2.46. The molecule has 3 amide bonds. The van der Waals surface area contributed by atoms with Crippen LogP contribution < -0.4 is 14.8 Å². The number of carbonyl (C=O) groups is 2. The summed E-state index contributed by atoms with van der Waals surface area (Å²) < 4.78 is 11.1. The number of urea groups is 1. The first-order valence-electron chi connectivity index (χ1n) is 11.4. The fraction of sp³-hybridized carbons (Fsp3) is 0.214. The highest BCUT2D eigenvalue weighted by molar-refractivity contribution is 6.09. The van der Waals surface area contributed by atoms with Crippen molar-refractivity contribution in [1.82, 2.24) is 10.2 Å². The number of allylic oxidation sites excluding steroid dienone is 1. The molecule has 4 rings (SSSR count). The lowest BCUT2D eigenvalue weighted by Gasteiger charge is -2.28. The summed E-state index contributed by atoms with van der Waals surface area (Å²) >= 11 is 0. The van der Waals surface area contributed by atoms with Crippen LogP contribution in [0.2, 0.25) is 0 Å². The van der Waals surface area contributed by atoms with Crippen molar-refractivity contribution in [1.29, 1.82) is 0 Å². The van der Waals surface area contributed by atoms with Crippen molar-refractivity contribution in [3.63, 3.8) is 0 Å². The number of ether oxygens (including phenoxy) is 2. The van der Waals surface area contributed by atoms with Crippen molar-refractivity contribution in [3.8, 4) is 11.5 Å². The Hall–Kier alpha value is -4.10. The van der Waals surface area contributed by atoms with Crippen LogP contribution in [0.3, 0.4) is 0 Å². The molecule has 0 radical (unpaired) electrons. The van der Waals surface area contributed by atoms with Gasteiger partial charge >= 0.3 is 6.03 Å². The molecular weight excluding hydrogens is 444 g/mol. The number of aliphatic hydroxyl groups is 1. The molecule has 7 heteroatoms. The number of methoxy groups -OCH3 is 1. The topological polar surface area (TPSA) is 88.1 Å². The van der Waals surface area contributed by atoms with E-state index < -0.39 is 23.6 Å². The predicted molar refractivity (Wildman–Crippen MR) is 133 cm³/mol. The zero-order valence-electron chi connectivity index (χ0n) is 19.7. The van der Waals surface area contributed by atoms with Gasteiger partial charge in [-0.25, -0.2) is 4.79 Å². The lowest BCUT2D eigenvalue weighted by molar-refractivity contribution is -0.131. The second-order valence-corrected chi connectivity index (χ2v) is 8.20. The lowest BCUT2D eigenvalue weighted by atomic mass is 9.82. The minimum Gasteiger partial charge on any atom is -0.493 e. The van der Waals surface area contributed by atoms with Gasteiger partial charge < -0.3 is 19.9 Å². The second kappa shape index (κ2) is 10.4. The minimum atomic E-state index is -1.37. The number of carbonyl (C=O) groups excluding carboxylic acids is 2. The first-order chi connectivity index (χ1) is 17.0. The summed E-state index contributed by atoms with van der Waals surface area (Å²) in [6.07, 6.45) is 2.75. The van der Waals surface area contributed by atoms with Gasteiger partial charge in [-0.05, 0) is 35.7 Å². The summed E-state index contributed by atoms with van der Waals surface area (Å²) in [5.74, 6) is 0.530. The van der Waals surface area contributed by atoms with Gasteiger partial charge in [0.1, 0.15) is 12.7 Å². The molecule has 0 aliphatic carbocycles. The van der Waals surface area contributed by atoms with Gasteiger partial charge in [0.05, 0.1) is 13.7 Å². The Labute approximate surface area is 204 Å². The van der Waals surface area contributed by atoms with Crippen molar-refractivity contribution >= 4 is 18.0 Å². The molecule has 0 aromatic heterocycles. The molecule has 1 saturated heterocycles. The van der Waals surface area contributed by atoms with E-state index in [-0.39, 0.29) is 13.2 Å². The van der Waals surface area contributed by atoms with Crippen LogP contribution in [-0.2, 0) is 10.3 Å². The van der Waals surface area contributed by atoms with E-state index in [9.17, 15) is 14.7 Å². The number of nitrogens with one attached hydrogen (secondary N) is 1. The maximum absolute atomic E-state index is 13.7. The number of nitrogens with zero attached hydrogens (tertiary/aromatic N) is 1. The molecule has 3 aromatic carbocycles. The molecule has 0 spiro atoms. The maximum Gasteiger partial charge on any atom is 0.325 e. The first-order valence-corrected chi connectivity index (χ1v) is 11.4. The first kappa shape index (κ1) is 24.0. The molecule has 0 saturated carbocycles. The molecular formula is C28H28N2O5. The van der Waals surface area contributed by atoms with E-state index in [1.54, 1.807) is 30.3 Å². The molecule has 1 aliphatic heterocycles. The molecule has 1 fully saturated rings. The number of rotatable bonds is 9. The normalized spacial score (nSPS) is 15.8. The zero-order chi connectivity index (χ0) is 24.8. The van der Waals surface area contributed by atoms with Crippen LogP contribution >= 0.6 is 0 Å². The Morgan fingerprint density at radius 2 is 1.60 bits per heavy atom. The predicted octanol–water partition coefficient (Wildman–Crippen LogP) is 3.96. The molecule has 180 valence electrons. The van der Waals surface area contributed by atoms with Gasteiger partial charge in [0.15, 0.2) is 17.0 Å². The SMILES string of the molecule is C/C=C/c1ccc(OC[C@@H](O)CN2C(=O)NC(c3ccccc3)(c3ccccc3)C2=O)c(OC)c1. The van der Waals surface area contributed by atoms with Crippen LogP contribution in [0.4, 0.5) is 4.79 Å². The monoisotopic (exact) mass is 472 g/mol. The van der Waals surface area contributed by atoms with E-state index in [4.69, 9.17) is 9.47 Å². The maximum atomic E-state index is 13.7. The second-order valence-electron chi connectivity index (χ2n) is 8.20. The van der Waals surface area contributed by atoms with Crippen molar-refractivity contribution in [2.45, 2.75) is 18.6 Å². The third-order valence-corrected chi connectivity index (χ3v) is 5.89. The highest BCUT2D eigenvalue weighted by Crippen LogP contribution is 2.36. The van der Waals surface area contributed by atoms with Gasteiger partial charge in [0.25, 0.3) is 5.91 Å². The van der Waals surface area contributed by atoms with Gasteiger partial charge in [-0.15, -0.1) is 0 Å². The molecule has 0 unspecified atom stereocenters. The van der Waals surface area contributed by atoms with E-state index in [0.717, 1.165) is 10.5 Å². The molecule has 3 aromatic rings. The van der Waals surface area contributed by atoms with Gasteiger partial charge in [-0.3, -0.25) is 9.69 Å². The number of amides is 3. The number of aliphatic hydroxyl groups excluding tert-OH is 1. The summed E-state index contributed by atoms with van der Waals surface area (Å²) in [7, 11) is 1.54. The van der Waals surface area contributed by atoms with Crippen LogP contribution in [-0.4, -0.2) is 48.3 Å². The van der Waals surface area contributed by atoms with Crippen molar-refractivity contribution in [2.24, 2.45) is 0 Å². The van der Waals surface area contributed by atoms with Gasteiger partial charge in [-0.1, -0.05) is 78.9 Å². The summed E-state index contributed by atoms with van der Waals surface area (Å²) in [5, 5.41) is 13.5. The molecule has 1 heterocycles. The van der Waals surface area contributed by atoms with Crippen molar-refractivity contribution < 1.29 is 24.2 Å². The van der Waals surface area contributed by atoms with Crippen LogP contribution in [0.5, 0.6) is 11.5 Å². The Bertz CT molecular complexity index is 1170. The third kappa shape index (κ3) is 4.76. The largest absolute Gasteiger partial charge is 0.493 e. The number of imide groups is 1. The van der Waals surface area contributed by atoms with E-state index in [1.165, 1.54) is 7.11 Å². The van der Waals surface area contributed by atoms with Crippen LogP contribution in [0.15, 0.2) is 84.9 Å². The molecule has 1 atom stereocenters. The van der Waals surface area contributed by atoms with Gasteiger partial charge in [-0.2, -0.15) is 0 Å². The average Bonchev–Trinajstić information content (AvgIpc) is 3.14. The Morgan fingerprint density at radius 1 is 0.971 bits per heavy atom. The molecule has 35 heavy (non-hydrogen) atoms. The van der Waals surface area contributed by atoms with Gasteiger partial charge in [0, 0.05) is 0 Å². The Kier molecular flexibility index (Phi) is 7.17. The third-order valence-electron chi connectivity index (χ3n) is 5.89. The van der Waals surface area contributed by atoms with Crippen LogP contribution in [0.25, 0.3) is 6.08 Å². The van der Waals surface area contributed by atoms with Crippen molar-refractivity contribution in [2.75, 3.05) is 20.3 Å². The minimum absolute atomic E-state index is 0.125. The summed E-state index contributed by atoms with van der Waals surface area (Å²) in [6.45, 7) is 1.58. The summed E-state index contributed by atoms with van der Waals surface area (Å²) in [6, 6.07) is 23.1. The molecule has 2 N–H and O–H groups in total. The van der Waals surface area contributed by atoms with Crippen LogP contribution in [0.1, 0.15) is 23.6 Å². The van der Waals surface area contributed by atoms with Gasteiger partial charge in [0.2, 0.25) is 0 Å². The van der Waals surface area contributed by atoms with Crippen molar-refractivity contribution in [3.05, 3.63) is 102 Å². The fourth-order valence-corrected chi connectivity index (χ4v) is 4.23. The quantitative estimate of drug-likeness (QED) is 0.460. The number of β-amino-alcohol motifs (C(OH)–C–C–N with tert-alkyl or cyclic N) is 1. The standard InChI is InChI=1S/C28H28N2O5/c1-3-10-20-15-16-24(25(17-20)34-2)35-19-23(31)18-30-26(32)28(29-27(30)33,21-11-6-4-7-12-21)22-13-8-5-9-14-22/h3-17,23,31H,18-19H2,1-2H3,(H,29,33)/b10-3+/t23-/m0/s1. The van der Waals surface area contributed by atoms with E-state index >= 15 is 0 Å². The van der Waals surface area contributed by atoms with Crippen LogP contribution in [0, 0.1) is 0 Å².